The minimum absolute atomic E-state index is 0.176. The molecule has 32 heavy (non-hydrogen) atoms. The number of hydrogen-bond acceptors (Lipinski definition) is 4. The minimum atomic E-state index is -0.973. The van der Waals surface area contributed by atoms with E-state index in [1.807, 2.05) is 0 Å². The van der Waals surface area contributed by atoms with Gasteiger partial charge >= 0.3 is 5.69 Å². The number of halogens is 2. The Hall–Kier alpha value is -3.78. The van der Waals surface area contributed by atoms with Gasteiger partial charge in [0.15, 0.2) is 0 Å². The van der Waals surface area contributed by atoms with Crippen molar-refractivity contribution in [3.8, 4) is 5.69 Å². The van der Waals surface area contributed by atoms with Crippen LogP contribution in [0.2, 0.25) is 5.02 Å². The Labute approximate surface area is 186 Å². The molecule has 0 aliphatic heterocycles. The lowest BCUT2D eigenvalue weighted by atomic mass is 10.2. The lowest BCUT2D eigenvalue weighted by Gasteiger charge is -2.20. The van der Waals surface area contributed by atoms with E-state index in [4.69, 9.17) is 11.6 Å². The van der Waals surface area contributed by atoms with Crippen molar-refractivity contribution >= 4 is 28.4 Å². The van der Waals surface area contributed by atoms with Crippen molar-refractivity contribution in [2.75, 3.05) is 0 Å². The van der Waals surface area contributed by atoms with Crippen LogP contribution < -0.4 is 16.6 Å². The molecule has 0 aliphatic carbocycles. The monoisotopic (exact) mass is 452 g/mol. The van der Waals surface area contributed by atoms with Crippen LogP contribution in [-0.2, 0) is 11.3 Å². The van der Waals surface area contributed by atoms with E-state index >= 15 is 0 Å². The fraction of sp³-hybridized carbons (Fsp3) is 0.130. The number of nitrogens with one attached hydrogen (secondary N) is 1. The molecular weight excluding hydrogens is 435 g/mol. The van der Waals surface area contributed by atoms with E-state index in [0.717, 1.165) is 16.7 Å². The van der Waals surface area contributed by atoms with Crippen LogP contribution in [0.15, 0.2) is 76.4 Å². The van der Waals surface area contributed by atoms with Crippen molar-refractivity contribution in [2.45, 2.75) is 19.5 Å². The van der Waals surface area contributed by atoms with E-state index in [0.29, 0.717) is 10.7 Å². The Morgan fingerprint density at radius 3 is 2.56 bits per heavy atom. The van der Waals surface area contributed by atoms with Crippen LogP contribution in [0.3, 0.4) is 0 Å². The van der Waals surface area contributed by atoms with Crippen molar-refractivity contribution in [3.05, 3.63) is 104 Å². The maximum Gasteiger partial charge on any atom is 0.336 e. The zero-order valence-corrected chi connectivity index (χ0v) is 17.7. The van der Waals surface area contributed by atoms with Gasteiger partial charge in [-0.3, -0.25) is 19.1 Å². The number of carbonyl (C=O) groups excluding carboxylic acids is 1. The Bertz CT molecular complexity index is 1420. The molecule has 1 N–H and O–H groups in total. The SMILES string of the molecule is CC(C(=O)NCc1ccccn1)n1c(=O)n(-c2ccc(F)cc2)c(=O)c2ccc(Cl)cc21. The number of pyridine rings is 1. The summed E-state index contributed by atoms with van der Waals surface area (Å²) in [4.78, 5) is 43.6. The molecule has 0 saturated heterocycles. The van der Waals surface area contributed by atoms with Crippen molar-refractivity contribution in [2.24, 2.45) is 0 Å². The highest BCUT2D eigenvalue weighted by molar-refractivity contribution is 6.31. The van der Waals surface area contributed by atoms with Crippen LogP contribution in [0.5, 0.6) is 0 Å². The number of carbonyl (C=O) groups is 1. The first-order valence-electron chi connectivity index (χ1n) is 9.77. The van der Waals surface area contributed by atoms with Gasteiger partial charge in [0.1, 0.15) is 11.9 Å². The quantitative estimate of drug-likeness (QED) is 0.504. The van der Waals surface area contributed by atoms with Crippen LogP contribution in [0.4, 0.5) is 4.39 Å². The summed E-state index contributed by atoms with van der Waals surface area (Å²) in [5.74, 6) is -0.944. The predicted molar refractivity (Wildman–Crippen MR) is 120 cm³/mol. The largest absolute Gasteiger partial charge is 0.349 e. The molecule has 0 radical (unpaired) electrons. The third-order valence-electron chi connectivity index (χ3n) is 5.07. The van der Waals surface area contributed by atoms with Crippen LogP contribution >= 0.6 is 11.6 Å². The minimum Gasteiger partial charge on any atom is -0.349 e. The van der Waals surface area contributed by atoms with Crippen molar-refractivity contribution in [1.82, 2.24) is 19.4 Å². The molecule has 7 nitrogen and oxygen atoms in total. The average Bonchev–Trinajstić information content (AvgIpc) is 2.79. The molecule has 1 unspecified atom stereocenters. The highest BCUT2D eigenvalue weighted by Gasteiger charge is 2.23. The summed E-state index contributed by atoms with van der Waals surface area (Å²) in [6.45, 7) is 1.73. The average molecular weight is 453 g/mol. The van der Waals surface area contributed by atoms with E-state index < -0.39 is 29.0 Å². The van der Waals surface area contributed by atoms with E-state index in [1.165, 1.54) is 34.9 Å². The predicted octanol–water partition coefficient (Wildman–Crippen LogP) is 3.22. The standard InChI is InChI=1S/C23H18ClFN4O3/c1-14(21(30)27-13-17-4-2-3-11-26-17)28-20-12-15(24)5-10-19(20)22(31)29(23(28)32)18-8-6-16(25)7-9-18/h2-12,14H,13H2,1H3,(H,27,30). The van der Waals surface area contributed by atoms with Crippen molar-refractivity contribution in [1.29, 1.82) is 0 Å². The second-order valence-corrected chi connectivity index (χ2v) is 7.58. The summed E-state index contributed by atoms with van der Waals surface area (Å²) < 4.78 is 15.5. The number of amides is 1. The fourth-order valence-corrected chi connectivity index (χ4v) is 3.61. The molecule has 4 rings (SSSR count). The lowest BCUT2D eigenvalue weighted by molar-refractivity contribution is -0.124. The van der Waals surface area contributed by atoms with Gasteiger partial charge in [-0.25, -0.2) is 13.8 Å². The van der Waals surface area contributed by atoms with Gasteiger partial charge in [-0.2, -0.15) is 0 Å². The zero-order chi connectivity index (χ0) is 22.8. The summed E-state index contributed by atoms with van der Waals surface area (Å²) in [6.07, 6.45) is 1.61. The summed E-state index contributed by atoms with van der Waals surface area (Å²) in [5.41, 5.74) is -0.258. The van der Waals surface area contributed by atoms with Crippen molar-refractivity contribution < 1.29 is 9.18 Å². The first kappa shape index (κ1) is 21.5. The van der Waals surface area contributed by atoms with E-state index in [2.05, 4.69) is 10.3 Å². The van der Waals surface area contributed by atoms with Gasteiger partial charge in [-0.15, -0.1) is 0 Å². The van der Waals surface area contributed by atoms with E-state index in [1.54, 1.807) is 31.3 Å². The molecule has 1 atom stereocenters. The van der Waals surface area contributed by atoms with Gasteiger partial charge < -0.3 is 5.32 Å². The summed E-state index contributed by atoms with van der Waals surface area (Å²) in [7, 11) is 0. The Morgan fingerprint density at radius 2 is 1.88 bits per heavy atom. The second kappa shape index (κ2) is 8.76. The third kappa shape index (κ3) is 4.04. The maximum absolute atomic E-state index is 13.4. The van der Waals surface area contributed by atoms with Crippen LogP contribution in [-0.4, -0.2) is 20.0 Å². The molecule has 2 heterocycles. The molecule has 0 saturated carbocycles. The molecule has 162 valence electrons. The first-order valence-corrected chi connectivity index (χ1v) is 10.1. The molecule has 2 aromatic carbocycles. The molecule has 0 spiro atoms. The number of fused-ring (bicyclic) bond motifs is 1. The van der Waals surface area contributed by atoms with Crippen LogP contribution in [0, 0.1) is 5.82 Å². The molecular formula is C23H18ClFN4O3. The number of rotatable bonds is 5. The van der Waals surface area contributed by atoms with E-state index in [9.17, 15) is 18.8 Å². The topological polar surface area (TPSA) is 86.0 Å². The Balaban J connectivity index is 1.84. The molecule has 2 aromatic heterocycles. The van der Waals surface area contributed by atoms with Gasteiger partial charge in [0.05, 0.1) is 28.8 Å². The van der Waals surface area contributed by atoms with Gasteiger partial charge in [0, 0.05) is 11.2 Å². The number of hydrogen-bond donors (Lipinski definition) is 1. The summed E-state index contributed by atoms with van der Waals surface area (Å²) in [5, 5.41) is 3.26. The van der Waals surface area contributed by atoms with Crippen LogP contribution in [0.25, 0.3) is 16.6 Å². The Morgan fingerprint density at radius 1 is 1.12 bits per heavy atom. The number of benzene rings is 2. The fourth-order valence-electron chi connectivity index (χ4n) is 3.44. The van der Waals surface area contributed by atoms with Crippen LogP contribution in [0.1, 0.15) is 18.7 Å². The number of aromatic nitrogens is 3. The van der Waals surface area contributed by atoms with E-state index in [-0.39, 0.29) is 23.1 Å². The van der Waals surface area contributed by atoms with Crippen molar-refractivity contribution in [3.63, 3.8) is 0 Å². The number of nitrogens with zero attached hydrogens (tertiary/aromatic N) is 3. The normalized spacial score (nSPS) is 12.0. The highest BCUT2D eigenvalue weighted by Crippen LogP contribution is 2.19. The molecule has 9 heteroatoms. The second-order valence-electron chi connectivity index (χ2n) is 7.15. The lowest BCUT2D eigenvalue weighted by Crippen LogP contribution is -2.43. The first-order chi connectivity index (χ1) is 15.4. The Kier molecular flexibility index (Phi) is 5.87. The maximum atomic E-state index is 13.4. The molecule has 0 bridgehead atoms. The molecule has 1 amide bonds. The molecule has 0 aliphatic rings. The van der Waals surface area contributed by atoms with Gasteiger partial charge in [0.2, 0.25) is 5.91 Å². The summed E-state index contributed by atoms with van der Waals surface area (Å²) in [6, 6.07) is 13.8. The smallest absolute Gasteiger partial charge is 0.336 e. The van der Waals surface area contributed by atoms with Gasteiger partial charge in [-0.05, 0) is 61.5 Å². The zero-order valence-electron chi connectivity index (χ0n) is 17.0. The molecule has 0 fully saturated rings. The molecule has 4 aromatic rings. The van der Waals surface area contributed by atoms with Gasteiger partial charge in [0.25, 0.3) is 5.56 Å². The third-order valence-corrected chi connectivity index (χ3v) is 5.31. The highest BCUT2D eigenvalue weighted by atomic mass is 35.5. The van der Waals surface area contributed by atoms with Gasteiger partial charge in [-0.1, -0.05) is 17.7 Å². The summed E-state index contributed by atoms with van der Waals surface area (Å²) >= 11 is 6.12.